The van der Waals surface area contributed by atoms with E-state index in [1.807, 2.05) is 12.1 Å². The Bertz CT molecular complexity index is 755. The molecule has 3 rings (SSSR count). The van der Waals surface area contributed by atoms with Crippen LogP contribution in [0.3, 0.4) is 0 Å². The van der Waals surface area contributed by atoms with Crippen LogP contribution in [0.25, 0.3) is 10.8 Å². The van der Waals surface area contributed by atoms with E-state index in [2.05, 4.69) is 4.72 Å². The van der Waals surface area contributed by atoms with Crippen molar-refractivity contribution in [3.63, 3.8) is 0 Å². The van der Waals surface area contributed by atoms with Gasteiger partial charge >= 0.3 is 0 Å². The molecule has 112 valence electrons. The number of hydrogen-bond acceptors (Lipinski definition) is 3. The van der Waals surface area contributed by atoms with Crippen LogP contribution >= 0.6 is 11.6 Å². The molecule has 0 radical (unpaired) electrons. The first-order chi connectivity index (χ1) is 10.1. The van der Waals surface area contributed by atoms with Gasteiger partial charge in [-0.15, -0.1) is 0 Å². The van der Waals surface area contributed by atoms with Crippen molar-refractivity contribution in [2.45, 2.75) is 23.8 Å². The number of nitrogens with one attached hydrogen (secondary N) is 1. The van der Waals surface area contributed by atoms with Crippen LogP contribution in [0.15, 0.2) is 41.3 Å². The zero-order valence-electron chi connectivity index (χ0n) is 11.4. The van der Waals surface area contributed by atoms with E-state index in [0.29, 0.717) is 23.6 Å². The van der Waals surface area contributed by atoms with E-state index in [0.717, 1.165) is 18.2 Å². The van der Waals surface area contributed by atoms with Crippen LogP contribution in [-0.4, -0.2) is 27.7 Å². The maximum Gasteiger partial charge on any atom is 0.241 e. The minimum absolute atomic E-state index is 0.0293. The quantitative estimate of drug-likeness (QED) is 0.940. The molecule has 21 heavy (non-hydrogen) atoms. The van der Waals surface area contributed by atoms with E-state index in [1.165, 1.54) is 0 Å². The van der Waals surface area contributed by atoms with Crippen molar-refractivity contribution in [2.24, 2.45) is 0 Å². The lowest BCUT2D eigenvalue weighted by molar-refractivity contribution is 0.114. The Labute approximate surface area is 129 Å². The summed E-state index contributed by atoms with van der Waals surface area (Å²) in [6, 6.07) is 10.4. The maximum absolute atomic E-state index is 12.5. The summed E-state index contributed by atoms with van der Waals surface area (Å²) in [7, 11) is -3.58. The summed E-state index contributed by atoms with van der Waals surface area (Å²) in [4.78, 5) is 0.250. The van der Waals surface area contributed by atoms with Gasteiger partial charge in [0.25, 0.3) is 0 Å². The fraction of sp³-hybridized carbons (Fsp3) is 0.333. The molecule has 0 amide bonds. The molecule has 1 N–H and O–H groups in total. The number of rotatable bonds is 4. The van der Waals surface area contributed by atoms with Crippen molar-refractivity contribution >= 4 is 32.4 Å². The maximum atomic E-state index is 12.5. The van der Waals surface area contributed by atoms with E-state index in [1.54, 1.807) is 24.3 Å². The lowest BCUT2D eigenvalue weighted by Gasteiger charge is -2.13. The van der Waals surface area contributed by atoms with Crippen LogP contribution in [0, 0.1) is 0 Å². The molecule has 2 aromatic rings. The third kappa shape index (κ3) is 3.06. The Morgan fingerprint density at radius 2 is 1.95 bits per heavy atom. The molecule has 0 spiro atoms. The second kappa shape index (κ2) is 5.93. The van der Waals surface area contributed by atoms with Gasteiger partial charge in [0.2, 0.25) is 10.0 Å². The predicted octanol–water partition coefficient (Wildman–Crippen LogP) is 2.95. The second-order valence-corrected chi connectivity index (χ2v) is 7.22. The molecule has 1 atom stereocenters. The van der Waals surface area contributed by atoms with Gasteiger partial charge in [-0.25, -0.2) is 13.1 Å². The minimum atomic E-state index is -3.58. The molecule has 6 heteroatoms. The van der Waals surface area contributed by atoms with Crippen molar-refractivity contribution < 1.29 is 13.2 Å². The second-order valence-electron chi connectivity index (χ2n) is 5.08. The molecule has 1 heterocycles. The number of benzene rings is 2. The van der Waals surface area contributed by atoms with E-state index < -0.39 is 10.0 Å². The van der Waals surface area contributed by atoms with Crippen molar-refractivity contribution in [3.05, 3.63) is 41.4 Å². The standard InChI is InChI=1S/C15H16ClNO3S/c16-14-7-8-15(13-6-2-1-5-12(13)14)21(18,19)17-10-11-4-3-9-20-11/h1-2,5-8,11,17H,3-4,9-10H2. The van der Waals surface area contributed by atoms with Crippen LogP contribution in [0.5, 0.6) is 0 Å². The number of hydrogen-bond donors (Lipinski definition) is 1. The van der Waals surface area contributed by atoms with Crippen LogP contribution in [0.2, 0.25) is 5.02 Å². The van der Waals surface area contributed by atoms with Gasteiger partial charge in [0.05, 0.1) is 11.0 Å². The largest absolute Gasteiger partial charge is 0.377 e. The van der Waals surface area contributed by atoms with Gasteiger partial charge in [-0.05, 0) is 25.0 Å². The topological polar surface area (TPSA) is 55.4 Å². The van der Waals surface area contributed by atoms with Gasteiger partial charge < -0.3 is 4.74 Å². The summed E-state index contributed by atoms with van der Waals surface area (Å²) in [5.41, 5.74) is 0. The summed E-state index contributed by atoms with van der Waals surface area (Å²) in [5.74, 6) is 0. The molecule has 0 aromatic heterocycles. The lowest BCUT2D eigenvalue weighted by atomic mass is 10.1. The highest BCUT2D eigenvalue weighted by molar-refractivity contribution is 7.89. The van der Waals surface area contributed by atoms with Gasteiger partial charge in [-0.3, -0.25) is 0 Å². The predicted molar refractivity (Wildman–Crippen MR) is 83.1 cm³/mol. The normalized spacial score (nSPS) is 19.2. The highest BCUT2D eigenvalue weighted by atomic mass is 35.5. The van der Waals surface area contributed by atoms with Gasteiger partial charge in [0.1, 0.15) is 0 Å². The summed E-state index contributed by atoms with van der Waals surface area (Å²) in [6.45, 7) is 1.01. The lowest BCUT2D eigenvalue weighted by Crippen LogP contribution is -2.31. The van der Waals surface area contributed by atoms with E-state index in [-0.39, 0.29) is 11.0 Å². The molecule has 1 aliphatic heterocycles. The molecule has 1 saturated heterocycles. The highest BCUT2D eigenvalue weighted by Gasteiger charge is 2.22. The Kier molecular flexibility index (Phi) is 4.17. The molecule has 1 unspecified atom stereocenters. The Morgan fingerprint density at radius 1 is 1.19 bits per heavy atom. The molecule has 4 nitrogen and oxygen atoms in total. The zero-order valence-corrected chi connectivity index (χ0v) is 13.0. The summed E-state index contributed by atoms with van der Waals surface area (Å²) in [5, 5.41) is 1.91. The van der Waals surface area contributed by atoms with Gasteiger partial charge in [-0.2, -0.15) is 0 Å². The Hall–Kier alpha value is -1.14. The first-order valence-corrected chi connectivity index (χ1v) is 8.72. The Balaban J connectivity index is 1.93. The van der Waals surface area contributed by atoms with Crippen LogP contribution in [-0.2, 0) is 14.8 Å². The van der Waals surface area contributed by atoms with Crippen molar-refractivity contribution in [1.29, 1.82) is 0 Å². The monoisotopic (exact) mass is 325 g/mol. The van der Waals surface area contributed by atoms with Gasteiger partial charge in [-0.1, -0.05) is 35.9 Å². The molecular formula is C15H16ClNO3S. The Morgan fingerprint density at radius 3 is 2.67 bits per heavy atom. The first-order valence-electron chi connectivity index (χ1n) is 6.86. The van der Waals surface area contributed by atoms with Gasteiger partial charge in [0.15, 0.2) is 0 Å². The molecule has 0 saturated carbocycles. The fourth-order valence-electron chi connectivity index (χ4n) is 2.55. The average molecular weight is 326 g/mol. The van der Waals surface area contributed by atoms with E-state index in [4.69, 9.17) is 16.3 Å². The smallest absolute Gasteiger partial charge is 0.241 e. The van der Waals surface area contributed by atoms with Gasteiger partial charge in [0, 0.05) is 28.9 Å². The van der Waals surface area contributed by atoms with Crippen molar-refractivity contribution in [3.8, 4) is 0 Å². The van der Waals surface area contributed by atoms with E-state index in [9.17, 15) is 8.42 Å². The summed E-state index contributed by atoms with van der Waals surface area (Å²) >= 11 is 6.12. The molecular weight excluding hydrogens is 310 g/mol. The number of sulfonamides is 1. The van der Waals surface area contributed by atoms with E-state index >= 15 is 0 Å². The average Bonchev–Trinajstić information content (AvgIpc) is 2.99. The first kappa shape index (κ1) is 14.8. The molecule has 0 aliphatic carbocycles. The molecule has 1 fully saturated rings. The molecule has 0 bridgehead atoms. The number of halogens is 1. The zero-order chi connectivity index (χ0) is 14.9. The van der Waals surface area contributed by atoms with Crippen LogP contribution in [0.1, 0.15) is 12.8 Å². The number of ether oxygens (including phenoxy) is 1. The SMILES string of the molecule is O=S(=O)(NCC1CCCO1)c1ccc(Cl)c2ccccc12. The summed E-state index contributed by atoms with van der Waals surface area (Å²) in [6.07, 6.45) is 1.85. The van der Waals surface area contributed by atoms with Crippen LogP contribution in [0.4, 0.5) is 0 Å². The molecule has 1 aliphatic rings. The van der Waals surface area contributed by atoms with Crippen LogP contribution < -0.4 is 4.72 Å². The summed E-state index contributed by atoms with van der Waals surface area (Å²) < 4.78 is 33.1. The fourth-order valence-corrected chi connectivity index (χ4v) is 4.06. The van der Waals surface area contributed by atoms with Crippen molar-refractivity contribution in [1.82, 2.24) is 4.72 Å². The minimum Gasteiger partial charge on any atom is -0.377 e. The van der Waals surface area contributed by atoms with Crippen molar-refractivity contribution in [2.75, 3.05) is 13.2 Å². The highest BCUT2D eigenvalue weighted by Crippen LogP contribution is 2.29. The number of fused-ring (bicyclic) bond motifs is 1. The third-order valence-corrected chi connectivity index (χ3v) is 5.46. The molecule has 2 aromatic carbocycles. The third-order valence-electron chi connectivity index (χ3n) is 3.65.